The summed E-state index contributed by atoms with van der Waals surface area (Å²) in [5.41, 5.74) is 3.66. The summed E-state index contributed by atoms with van der Waals surface area (Å²) >= 11 is 1.75. The molecule has 1 aliphatic heterocycles. The van der Waals surface area contributed by atoms with E-state index in [2.05, 4.69) is 50.0 Å². The quantitative estimate of drug-likeness (QED) is 0.773. The highest BCUT2D eigenvalue weighted by Crippen LogP contribution is 2.42. The van der Waals surface area contributed by atoms with Crippen LogP contribution < -0.4 is 5.32 Å². The van der Waals surface area contributed by atoms with Crippen LogP contribution in [0.2, 0.25) is 0 Å². The lowest BCUT2D eigenvalue weighted by atomic mass is 9.94. The van der Waals surface area contributed by atoms with Gasteiger partial charge in [0.2, 0.25) is 0 Å². The monoisotopic (exact) mass is 262 g/mol. The first-order chi connectivity index (χ1) is 8.81. The van der Waals surface area contributed by atoms with Crippen molar-refractivity contribution in [2.24, 2.45) is 0 Å². The Kier molecular flexibility index (Phi) is 4.72. The fourth-order valence-electron chi connectivity index (χ4n) is 2.32. The molecule has 1 N–H and O–H groups in total. The van der Waals surface area contributed by atoms with Crippen molar-refractivity contribution in [3.8, 4) is 0 Å². The Bertz CT molecular complexity index is 442. The van der Waals surface area contributed by atoms with Crippen LogP contribution in [0.25, 0.3) is 0 Å². The smallest absolute Gasteiger partial charge is 0.108 e. The van der Waals surface area contributed by atoms with Crippen molar-refractivity contribution in [2.75, 3.05) is 11.6 Å². The lowest BCUT2D eigenvalue weighted by Crippen LogP contribution is -2.14. The molecule has 0 saturated carbocycles. The van der Waals surface area contributed by atoms with Gasteiger partial charge in [0.1, 0.15) is 6.10 Å². The molecule has 2 rings (SSSR count). The van der Waals surface area contributed by atoms with Crippen LogP contribution in [0.15, 0.2) is 34.9 Å². The third-order valence-corrected chi connectivity index (χ3v) is 4.08. The summed E-state index contributed by atoms with van der Waals surface area (Å²) in [6, 6.07) is 6.30. The minimum atomic E-state index is -0.00329. The molecule has 18 heavy (non-hydrogen) atoms. The van der Waals surface area contributed by atoms with Crippen LogP contribution >= 0.6 is 11.8 Å². The van der Waals surface area contributed by atoms with E-state index in [4.69, 9.17) is 4.74 Å². The van der Waals surface area contributed by atoms with Crippen LogP contribution in [0.5, 0.6) is 0 Å². The van der Waals surface area contributed by atoms with Crippen molar-refractivity contribution < 1.29 is 4.74 Å². The molecule has 2 nitrogen and oxygen atoms in total. The van der Waals surface area contributed by atoms with E-state index >= 15 is 0 Å². The number of hydrogen-bond donors (Lipinski definition) is 1. The maximum Gasteiger partial charge on any atom is 0.108 e. The van der Waals surface area contributed by atoms with Crippen molar-refractivity contribution in [2.45, 2.75) is 37.2 Å². The van der Waals surface area contributed by atoms with E-state index in [9.17, 15) is 0 Å². The molecule has 3 heteroatoms. The number of anilines is 1. The predicted molar refractivity (Wildman–Crippen MR) is 78.6 cm³/mol. The number of fused-ring (bicyclic) bond motifs is 1. The van der Waals surface area contributed by atoms with Gasteiger partial charge in [-0.15, -0.1) is 11.8 Å². The third-order valence-electron chi connectivity index (χ3n) is 3.28. The third kappa shape index (κ3) is 2.57. The Morgan fingerprint density at radius 2 is 2.28 bits per heavy atom. The van der Waals surface area contributed by atoms with Gasteiger partial charge in [-0.05, 0) is 36.8 Å². The van der Waals surface area contributed by atoms with Crippen LogP contribution in [-0.2, 0) is 4.74 Å². The van der Waals surface area contributed by atoms with Gasteiger partial charge in [-0.3, -0.25) is 0 Å². The van der Waals surface area contributed by atoms with Crippen LogP contribution in [0, 0.1) is 7.11 Å². The summed E-state index contributed by atoms with van der Waals surface area (Å²) in [5.74, 6) is 0. The van der Waals surface area contributed by atoms with Crippen molar-refractivity contribution in [1.29, 1.82) is 0 Å². The molecule has 0 fully saturated rings. The molecule has 1 radical (unpaired) electrons. The molecule has 0 bridgehead atoms. The number of ether oxygens (including phenoxy) is 1. The van der Waals surface area contributed by atoms with Crippen molar-refractivity contribution in [3.05, 3.63) is 42.6 Å². The fraction of sp³-hybridized carbons (Fsp3) is 0.400. The number of hydrogen-bond acceptors (Lipinski definition) is 3. The number of unbranched alkanes of at least 4 members (excludes halogenated alkanes) is 1. The summed E-state index contributed by atoms with van der Waals surface area (Å²) in [6.07, 6.45) is 7.61. The average Bonchev–Trinajstić information content (AvgIpc) is 2.43. The van der Waals surface area contributed by atoms with Crippen LogP contribution in [0.1, 0.15) is 37.9 Å². The summed E-state index contributed by atoms with van der Waals surface area (Å²) in [4.78, 5) is 1.26. The SMILES string of the molecule is [CH2]OC1C(CCCC)=CNc2cccc(SC)c21. The van der Waals surface area contributed by atoms with Gasteiger partial charge in [0.15, 0.2) is 0 Å². The Hall–Kier alpha value is -0.930. The predicted octanol–water partition coefficient (Wildman–Crippen LogP) is 4.76. The molecule has 1 heterocycles. The van der Waals surface area contributed by atoms with Crippen molar-refractivity contribution in [3.63, 3.8) is 0 Å². The maximum atomic E-state index is 5.50. The molecule has 0 aromatic heterocycles. The lowest BCUT2D eigenvalue weighted by molar-refractivity contribution is 0.165. The Morgan fingerprint density at radius 1 is 1.44 bits per heavy atom. The normalized spacial score (nSPS) is 17.9. The van der Waals surface area contributed by atoms with E-state index in [0.717, 1.165) is 12.1 Å². The fourth-order valence-corrected chi connectivity index (χ4v) is 2.98. The summed E-state index contributed by atoms with van der Waals surface area (Å²) in [6.45, 7) is 2.21. The van der Waals surface area contributed by atoms with E-state index in [0.29, 0.717) is 0 Å². The number of thioether (sulfide) groups is 1. The molecular formula is C15H20NOS. The largest absolute Gasteiger partial charge is 0.367 e. The summed E-state index contributed by atoms with van der Waals surface area (Å²) < 4.78 is 5.50. The molecule has 0 aliphatic carbocycles. The maximum absolute atomic E-state index is 5.50. The highest BCUT2D eigenvalue weighted by atomic mass is 32.2. The van der Waals surface area contributed by atoms with Crippen LogP contribution in [0.3, 0.4) is 0 Å². The molecule has 97 valence electrons. The first-order valence-corrected chi connectivity index (χ1v) is 7.57. The van der Waals surface area contributed by atoms with E-state index in [-0.39, 0.29) is 6.10 Å². The van der Waals surface area contributed by atoms with Gasteiger partial charge < -0.3 is 10.1 Å². The first-order valence-electron chi connectivity index (χ1n) is 6.35. The summed E-state index contributed by atoms with van der Waals surface area (Å²) in [7, 11) is 3.66. The molecule has 1 unspecified atom stereocenters. The highest BCUT2D eigenvalue weighted by Gasteiger charge is 2.25. The minimum Gasteiger partial charge on any atom is -0.367 e. The minimum absolute atomic E-state index is 0.00329. The Labute approximate surface area is 114 Å². The van der Waals surface area contributed by atoms with Gasteiger partial charge in [-0.1, -0.05) is 19.4 Å². The van der Waals surface area contributed by atoms with Gasteiger partial charge in [0, 0.05) is 22.3 Å². The second kappa shape index (κ2) is 6.30. The standard InChI is InChI=1S/C15H20NOS/c1-4-5-7-11-10-16-12-8-6-9-13(18-3)14(12)15(11)17-2/h6,8-10,15-16H,2,4-5,7H2,1,3H3. The zero-order valence-electron chi connectivity index (χ0n) is 11.0. The van der Waals surface area contributed by atoms with Gasteiger partial charge in [0.05, 0.1) is 7.11 Å². The van der Waals surface area contributed by atoms with Crippen molar-refractivity contribution in [1.82, 2.24) is 0 Å². The molecule has 1 atom stereocenters. The Balaban J connectivity index is 2.34. The highest BCUT2D eigenvalue weighted by molar-refractivity contribution is 7.98. The number of nitrogens with one attached hydrogen (secondary N) is 1. The Morgan fingerprint density at radius 3 is 2.94 bits per heavy atom. The van der Waals surface area contributed by atoms with E-state index in [1.54, 1.807) is 11.8 Å². The summed E-state index contributed by atoms with van der Waals surface area (Å²) in [5, 5.41) is 3.38. The van der Waals surface area contributed by atoms with Gasteiger partial charge >= 0.3 is 0 Å². The molecule has 1 aromatic carbocycles. The van der Waals surface area contributed by atoms with Crippen LogP contribution in [0.4, 0.5) is 5.69 Å². The first kappa shape index (κ1) is 13.5. The van der Waals surface area contributed by atoms with E-state index in [1.165, 1.54) is 28.9 Å². The number of benzene rings is 1. The topological polar surface area (TPSA) is 21.3 Å². The zero-order valence-corrected chi connectivity index (χ0v) is 11.8. The van der Waals surface area contributed by atoms with Gasteiger partial charge in [-0.25, -0.2) is 0 Å². The van der Waals surface area contributed by atoms with Gasteiger partial charge in [-0.2, -0.15) is 0 Å². The van der Waals surface area contributed by atoms with Gasteiger partial charge in [0.25, 0.3) is 0 Å². The van der Waals surface area contributed by atoms with E-state index < -0.39 is 0 Å². The second-order valence-corrected chi connectivity index (χ2v) is 5.28. The molecular weight excluding hydrogens is 242 g/mol. The van der Waals surface area contributed by atoms with Crippen molar-refractivity contribution >= 4 is 17.4 Å². The zero-order chi connectivity index (χ0) is 13.0. The second-order valence-electron chi connectivity index (χ2n) is 4.44. The molecule has 1 aliphatic rings. The molecule has 0 spiro atoms. The van der Waals surface area contributed by atoms with Crippen LogP contribution in [-0.4, -0.2) is 6.26 Å². The molecule has 0 amide bonds. The average molecular weight is 262 g/mol. The number of rotatable bonds is 5. The molecule has 1 aromatic rings. The molecule has 0 saturated heterocycles. The lowest BCUT2D eigenvalue weighted by Gasteiger charge is -2.28. The van der Waals surface area contributed by atoms with E-state index in [1.807, 2.05) is 0 Å².